The van der Waals surface area contributed by atoms with Gasteiger partial charge in [-0.2, -0.15) is 0 Å². The Kier molecular flexibility index (Phi) is 5.00. The van der Waals surface area contributed by atoms with Gasteiger partial charge in [0.05, 0.1) is 29.0 Å². The van der Waals surface area contributed by atoms with Gasteiger partial charge in [0.25, 0.3) is 0 Å². The summed E-state index contributed by atoms with van der Waals surface area (Å²) in [7, 11) is 0. The molecule has 0 saturated carbocycles. The molecule has 4 aromatic rings. The molecule has 0 radical (unpaired) electrons. The molecule has 0 spiro atoms. The third-order valence-electron chi connectivity index (χ3n) is 5.70. The predicted octanol–water partition coefficient (Wildman–Crippen LogP) is 6.58. The average Bonchev–Trinajstić information content (AvgIpc) is 3.19. The van der Waals surface area contributed by atoms with Crippen LogP contribution in [0.25, 0.3) is 5.69 Å². The van der Waals surface area contributed by atoms with Crippen molar-refractivity contribution in [3.63, 3.8) is 0 Å². The zero-order valence-corrected chi connectivity index (χ0v) is 17.9. The Morgan fingerprint density at radius 1 is 0.968 bits per heavy atom. The fourth-order valence-electron chi connectivity index (χ4n) is 4.28. The largest absolute Gasteiger partial charge is 0.323 e. The van der Waals surface area contributed by atoms with Crippen molar-refractivity contribution in [3.8, 4) is 5.69 Å². The molecule has 1 aliphatic heterocycles. The van der Waals surface area contributed by atoms with Gasteiger partial charge in [0.15, 0.2) is 0 Å². The third-order valence-corrected chi connectivity index (χ3v) is 6.03. The molecule has 2 heterocycles. The number of carbonyl (C=O) groups is 1. The van der Waals surface area contributed by atoms with Crippen LogP contribution in [0.3, 0.4) is 0 Å². The first-order valence-corrected chi connectivity index (χ1v) is 10.6. The quantitative estimate of drug-likeness (QED) is 0.385. The molecule has 0 bridgehead atoms. The lowest BCUT2D eigenvalue weighted by atomic mass is 10.00. The van der Waals surface area contributed by atoms with E-state index in [1.54, 1.807) is 6.07 Å². The molecule has 1 atom stereocenters. The van der Waals surface area contributed by atoms with Crippen molar-refractivity contribution in [3.05, 3.63) is 119 Å². The van der Waals surface area contributed by atoms with Gasteiger partial charge in [-0.1, -0.05) is 71.8 Å². The van der Waals surface area contributed by atoms with E-state index in [4.69, 9.17) is 11.6 Å². The number of aromatic nitrogens is 1. The molecule has 2 amide bonds. The second kappa shape index (κ2) is 7.97. The summed E-state index contributed by atoms with van der Waals surface area (Å²) in [6.45, 7) is 2.55. The van der Waals surface area contributed by atoms with Crippen LogP contribution < -0.4 is 5.32 Å². The minimum Gasteiger partial charge on any atom is -0.318 e. The van der Waals surface area contributed by atoms with Crippen molar-refractivity contribution in [1.82, 2.24) is 9.47 Å². The first kappa shape index (κ1) is 19.5. The number of hydrogen-bond donors (Lipinski definition) is 1. The van der Waals surface area contributed by atoms with Gasteiger partial charge in [0.1, 0.15) is 0 Å². The zero-order valence-electron chi connectivity index (χ0n) is 17.1. The molecule has 0 fully saturated rings. The number of nitrogens with one attached hydrogen (secondary N) is 1. The summed E-state index contributed by atoms with van der Waals surface area (Å²) in [4.78, 5) is 15.5. The minimum atomic E-state index is -0.246. The lowest BCUT2D eigenvalue weighted by Gasteiger charge is -2.31. The van der Waals surface area contributed by atoms with E-state index in [1.165, 1.54) is 0 Å². The third kappa shape index (κ3) is 3.60. The Balaban J connectivity index is 1.65. The van der Waals surface area contributed by atoms with E-state index in [0.29, 0.717) is 17.3 Å². The number of amides is 2. The van der Waals surface area contributed by atoms with E-state index in [9.17, 15) is 4.79 Å². The van der Waals surface area contributed by atoms with Crippen molar-refractivity contribution >= 4 is 23.3 Å². The van der Waals surface area contributed by atoms with Gasteiger partial charge in [0.2, 0.25) is 0 Å². The molecule has 5 heteroatoms. The molecule has 5 rings (SSSR count). The number of anilines is 1. The van der Waals surface area contributed by atoms with Crippen molar-refractivity contribution in [1.29, 1.82) is 0 Å². The van der Waals surface area contributed by atoms with Crippen molar-refractivity contribution in [2.75, 3.05) is 5.32 Å². The van der Waals surface area contributed by atoms with E-state index in [2.05, 4.69) is 59.4 Å². The molecule has 4 nitrogen and oxygen atoms in total. The molecule has 154 valence electrons. The van der Waals surface area contributed by atoms with Crippen molar-refractivity contribution in [2.24, 2.45) is 0 Å². The van der Waals surface area contributed by atoms with E-state index >= 15 is 0 Å². The highest BCUT2D eigenvalue weighted by atomic mass is 35.5. The van der Waals surface area contributed by atoms with Crippen molar-refractivity contribution in [2.45, 2.75) is 19.5 Å². The molecule has 1 aromatic heterocycles. The Morgan fingerprint density at radius 2 is 1.77 bits per heavy atom. The van der Waals surface area contributed by atoms with Crippen LogP contribution in [-0.4, -0.2) is 15.5 Å². The molecule has 31 heavy (non-hydrogen) atoms. The number of urea groups is 1. The van der Waals surface area contributed by atoms with Gasteiger partial charge in [-0.25, -0.2) is 4.79 Å². The molecule has 1 N–H and O–H groups in total. The number of para-hydroxylation sites is 2. The number of nitrogens with zero attached hydrogens (tertiary/aromatic N) is 2. The average molecular weight is 428 g/mol. The first-order chi connectivity index (χ1) is 15.1. The number of benzene rings is 3. The van der Waals surface area contributed by atoms with Gasteiger partial charge in [0, 0.05) is 11.9 Å². The van der Waals surface area contributed by atoms with Crippen LogP contribution in [0.2, 0.25) is 5.02 Å². The van der Waals surface area contributed by atoms with Crippen LogP contribution in [0.1, 0.15) is 28.4 Å². The number of hydrogen-bond acceptors (Lipinski definition) is 1. The topological polar surface area (TPSA) is 37.3 Å². The summed E-state index contributed by atoms with van der Waals surface area (Å²) in [5, 5.41) is 3.54. The van der Waals surface area contributed by atoms with E-state index in [-0.39, 0.29) is 12.1 Å². The van der Waals surface area contributed by atoms with E-state index in [0.717, 1.165) is 28.1 Å². The van der Waals surface area contributed by atoms with E-state index < -0.39 is 0 Å². The molecule has 0 unspecified atom stereocenters. The van der Waals surface area contributed by atoms with Crippen LogP contribution >= 0.6 is 11.6 Å². The second-order valence-corrected chi connectivity index (χ2v) is 8.19. The highest BCUT2D eigenvalue weighted by molar-refractivity contribution is 6.33. The fraction of sp³-hybridized carbons (Fsp3) is 0.115. The van der Waals surface area contributed by atoms with Crippen molar-refractivity contribution < 1.29 is 4.79 Å². The summed E-state index contributed by atoms with van der Waals surface area (Å²) >= 11 is 6.32. The van der Waals surface area contributed by atoms with Crippen LogP contribution in [0.15, 0.2) is 91.1 Å². The van der Waals surface area contributed by atoms with Gasteiger partial charge in [-0.05, 0) is 48.4 Å². The van der Waals surface area contributed by atoms with E-state index in [1.807, 2.05) is 47.4 Å². The van der Waals surface area contributed by atoms with Crippen LogP contribution in [0.5, 0.6) is 0 Å². The maximum Gasteiger partial charge on any atom is 0.323 e. The Morgan fingerprint density at radius 3 is 2.61 bits per heavy atom. The molecule has 1 aliphatic rings. The van der Waals surface area contributed by atoms with Crippen LogP contribution in [-0.2, 0) is 6.54 Å². The number of aryl methyl sites for hydroxylation is 1. The predicted molar refractivity (Wildman–Crippen MR) is 125 cm³/mol. The van der Waals surface area contributed by atoms with Gasteiger partial charge in [-0.3, -0.25) is 0 Å². The highest BCUT2D eigenvalue weighted by Gasteiger charge is 2.33. The summed E-state index contributed by atoms with van der Waals surface area (Å²) in [6, 6.07) is 27.6. The van der Waals surface area contributed by atoms with Gasteiger partial charge in [-0.15, -0.1) is 0 Å². The highest BCUT2D eigenvalue weighted by Crippen LogP contribution is 2.37. The maximum atomic E-state index is 13.6. The number of halogens is 1. The number of rotatable bonds is 2. The number of carbonyl (C=O) groups excluding carboxylic acids is 1. The summed E-state index contributed by atoms with van der Waals surface area (Å²) in [6.07, 6.45) is 2.06. The fourth-order valence-corrected chi connectivity index (χ4v) is 4.46. The van der Waals surface area contributed by atoms with Gasteiger partial charge < -0.3 is 14.8 Å². The summed E-state index contributed by atoms with van der Waals surface area (Å²) < 4.78 is 2.19. The molecule has 0 aliphatic carbocycles. The smallest absolute Gasteiger partial charge is 0.318 e. The lowest BCUT2D eigenvalue weighted by molar-refractivity contribution is 0.194. The summed E-state index contributed by atoms with van der Waals surface area (Å²) in [5.74, 6) is 0. The lowest BCUT2D eigenvalue weighted by Crippen LogP contribution is -2.38. The first-order valence-electron chi connectivity index (χ1n) is 10.3. The SMILES string of the molecule is Cc1cccc([C@H]2c3cccn3-c3ccccc3CN2C(=O)Nc2ccccc2Cl)c1. The molecular weight excluding hydrogens is 406 g/mol. The second-order valence-electron chi connectivity index (χ2n) is 7.79. The minimum absolute atomic E-state index is 0.191. The zero-order chi connectivity index (χ0) is 21.4. The Hall–Kier alpha value is -3.50. The number of fused-ring (bicyclic) bond motifs is 3. The standard InChI is InChI=1S/C26H22ClN3O/c1-18-8-6-10-19(16-18)25-24-14-7-15-29(24)23-13-5-2-9-20(23)17-30(25)26(31)28-22-12-4-3-11-21(22)27/h2-16,25H,17H2,1H3,(H,28,31)/t25-/m0/s1. The Labute approximate surface area is 186 Å². The maximum absolute atomic E-state index is 13.6. The normalized spacial score (nSPS) is 15.0. The Bertz CT molecular complexity index is 1260. The monoisotopic (exact) mass is 427 g/mol. The van der Waals surface area contributed by atoms with Crippen LogP contribution in [0.4, 0.5) is 10.5 Å². The molecule has 3 aromatic carbocycles. The molecule has 0 saturated heterocycles. The molecular formula is C26H22ClN3O. The summed E-state index contributed by atoms with van der Waals surface area (Å²) in [5.41, 5.74) is 6.05. The van der Waals surface area contributed by atoms with Crippen LogP contribution in [0, 0.1) is 6.92 Å². The van der Waals surface area contributed by atoms with Gasteiger partial charge >= 0.3 is 6.03 Å².